The molecule has 0 aliphatic heterocycles. The quantitative estimate of drug-likeness (QED) is 0.0169. The van der Waals surface area contributed by atoms with Crippen LogP contribution in [0.3, 0.4) is 0 Å². The number of rotatable bonds is 64. The number of carbonyl (C=O) groups excluding carboxylic acids is 4. The maximum atomic E-state index is 13.0. The molecule has 0 aromatic rings. The summed E-state index contributed by atoms with van der Waals surface area (Å²) in [6, 6.07) is 0. The average molecular weight is 1280 g/mol. The summed E-state index contributed by atoms with van der Waals surface area (Å²) in [5.41, 5.74) is 0. The van der Waals surface area contributed by atoms with E-state index < -0.39 is 97.5 Å². The molecule has 0 aromatic heterocycles. The standard InChI is InChI=1S/C68H128O17P2/c1-8-10-11-12-13-14-15-16-17-18-19-22-28-37-44-51-67(72)84-63(55-78-65(70)49-42-35-27-23-20-21-25-32-39-46-59(3)4)57-82-86(74,75)80-53-62(69)54-81-87(76,77)83-58-64(85-68(73)52-45-38-29-24-26-33-40-47-60(5)6)56-79-66(71)50-43-36-31-30-34-41-48-61(7)9-2/h14-17,59-64,69H,8-13,18-58H2,1-7H3,(H,74,75)(H,76,77)/b15-14-,17-16-/t61?,62-,63-,64-/m1/s1. The molecule has 17 nitrogen and oxygen atoms in total. The van der Waals surface area contributed by atoms with Crippen LogP contribution in [0.2, 0.25) is 0 Å². The predicted octanol–water partition coefficient (Wildman–Crippen LogP) is 18.6. The largest absolute Gasteiger partial charge is 0.472 e. The van der Waals surface area contributed by atoms with Gasteiger partial charge in [-0.15, -0.1) is 0 Å². The molecule has 0 spiro atoms. The SMILES string of the molecule is CCCCCC/C=C\C=C/CCCCCCCC(=O)O[C@H](COC(=O)CCCCCCCCCCCC(C)C)COP(=O)(O)OC[C@@H](O)COP(=O)(O)OC[C@@H](COC(=O)CCCCCCCCC(C)CC)OC(=O)CCCCCCCCCC(C)C. The normalized spacial score (nSPS) is 14.8. The Bertz CT molecular complexity index is 1810. The van der Waals surface area contributed by atoms with Gasteiger partial charge in [0.05, 0.1) is 26.4 Å². The average Bonchev–Trinajstić information content (AvgIpc) is 3.50. The third-order valence-electron chi connectivity index (χ3n) is 15.4. The van der Waals surface area contributed by atoms with E-state index in [-0.39, 0.29) is 25.7 Å². The number of allylic oxidation sites excluding steroid dienone is 4. The Morgan fingerprint density at radius 2 is 0.678 bits per heavy atom. The molecule has 6 atom stereocenters. The van der Waals surface area contributed by atoms with Gasteiger partial charge in [0.25, 0.3) is 0 Å². The van der Waals surface area contributed by atoms with Crippen molar-refractivity contribution >= 4 is 39.5 Å². The Labute approximate surface area is 529 Å². The Kier molecular flexibility index (Phi) is 57.0. The third kappa shape index (κ3) is 60.9. The molecule has 87 heavy (non-hydrogen) atoms. The first-order valence-corrected chi connectivity index (χ1v) is 37.7. The number of unbranched alkanes of at least 4 members (excludes halogenated alkanes) is 28. The van der Waals surface area contributed by atoms with Crippen molar-refractivity contribution in [2.24, 2.45) is 17.8 Å². The van der Waals surface area contributed by atoms with Crippen molar-refractivity contribution < 1.29 is 80.2 Å². The van der Waals surface area contributed by atoms with E-state index in [0.29, 0.717) is 31.6 Å². The lowest BCUT2D eigenvalue weighted by Gasteiger charge is -2.21. The maximum absolute atomic E-state index is 13.0. The zero-order valence-electron chi connectivity index (χ0n) is 56.0. The molecule has 0 fully saturated rings. The smallest absolute Gasteiger partial charge is 0.462 e. The fraction of sp³-hybridized carbons (Fsp3) is 0.882. The van der Waals surface area contributed by atoms with Crippen LogP contribution >= 0.6 is 15.6 Å². The number of esters is 4. The van der Waals surface area contributed by atoms with Crippen molar-refractivity contribution in [2.75, 3.05) is 39.6 Å². The summed E-state index contributed by atoms with van der Waals surface area (Å²) >= 11 is 0. The predicted molar refractivity (Wildman–Crippen MR) is 349 cm³/mol. The van der Waals surface area contributed by atoms with Crippen molar-refractivity contribution in [2.45, 2.75) is 330 Å². The Hall–Kier alpha value is -2.46. The van der Waals surface area contributed by atoms with Crippen molar-refractivity contribution in [3.8, 4) is 0 Å². The van der Waals surface area contributed by atoms with Gasteiger partial charge in [-0.05, 0) is 69.1 Å². The molecule has 3 N–H and O–H groups in total. The maximum Gasteiger partial charge on any atom is 0.472 e. The number of carbonyl (C=O) groups is 4. The van der Waals surface area contributed by atoms with Crippen molar-refractivity contribution in [1.82, 2.24) is 0 Å². The van der Waals surface area contributed by atoms with E-state index >= 15 is 0 Å². The molecule has 0 bridgehead atoms. The van der Waals surface area contributed by atoms with Gasteiger partial charge in [0.1, 0.15) is 19.3 Å². The highest BCUT2D eigenvalue weighted by Gasteiger charge is 2.30. The Morgan fingerprint density at radius 3 is 1.02 bits per heavy atom. The number of ether oxygens (including phenoxy) is 4. The summed E-state index contributed by atoms with van der Waals surface area (Å²) in [6.07, 6.45) is 44.0. The minimum absolute atomic E-state index is 0.0839. The topological polar surface area (TPSA) is 237 Å². The second-order valence-electron chi connectivity index (χ2n) is 25.1. The van der Waals surface area contributed by atoms with Crippen LogP contribution < -0.4 is 0 Å². The lowest BCUT2D eigenvalue weighted by Crippen LogP contribution is -2.30. The zero-order chi connectivity index (χ0) is 64.5. The van der Waals surface area contributed by atoms with Crippen LogP contribution in [0.1, 0.15) is 312 Å². The van der Waals surface area contributed by atoms with Crippen LogP contribution in [0.4, 0.5) is 0 Å². The van der Waals surface area contributed by atoms with Crippen LogP contribution in [0.15, 0.2) is 24.3 Å². The van der Waals surface area contributed by atoms with Gasteiger partial charge in [0.15, 0.2) is 12.2 Å². The molecule has 0 radical (unpaired) electrons. The number of hydrogen-bond donors (Lipinski definition) is 3. The minimum Gasteiger partial charge on any atom is -0.462 e. The van der Waals surface area contributed by atoms with Crippen molar-refractivity contribution in [3.63, 3.8) is 0 Å². The molecule has 0 aliphatic carbocycles. The van der Waals surface area contributed by atoms with E-state index in [0.717, 1.165) is 121 Å². The first-order valence-electron chi connectivity index (χ1n) is 34.7. The Balaban J connectivity index is 5.29. The molecule has 0 aromatic carbocycles. The molecule has 0 heterocycles. The number of aliphatic hydroxyl groups excluding tert-OH is 1. The summed E-state index contributed by atoms with van der Waals surface area (Å²) in [5.74, 6) is 0.000245. The van der Waals surface area contributed by atoms with E-state index in [1.165, 1.54) is 103 Å². The number of aliphatic hydroxyl groups is 1. The van der Waals surface area contributed by atoms with Crippen LogP contribution in [-0.4, -0.2) is 96.7 Å². The first kappa shape index (κ1) is 84.5. The van der Waals surface area contributed by atoms with Crippen molar-refractivity contribution in [3.05, 3.63) is 24.3 Å². The van der Waals surface area contributed by atoms with E-state index in [1.807, 2.05) is 0 Å². The molecule has 0 saturated heterocycles. The fourth-order valence-corrected chi connectivity index (χ4v) is 11.2. The number of hydrogen-bond acceptors (Lipinski definition) is 15. The van der Waals surface area contributed by atoms with Crippen LogP contribution in [0, 0.1) is 17.8 Å². The molecule has 3 unspecified atom stereocenters. The van der Waals surface area contributed by atoms with Gasteiger partial charge in [0, 0.05) is 25.7 Å². The molecule has 0 saturated carbocycles. The van der Waals surface area contributed by atoms with Gasteiger partial charge in [-0.3, -0.25) is 37.3 Å². The lowest BCUT2D eigenvalue weighted by atomic mass is 10.00. The van der Waals surface area contributed by atoms with E-state index in [2.05, 4.69) is 72.8 Å². The molecule has 512 valence electrons. The summed E-state index contributed by atoms with van der Waals surface area (Å²) in [7, 11) is -9.91. The van der Waals surface area contributed by atoms with Gasteiger partial charge in [-0.25, -0.2) is 9.13 Å². The highest BCUT2D eigenvalue weighted by molar-refractivity contribution is 7.47. The summed E-state index contributed by atoms with van der Waals surface area (Å²) in [5, 5.41) is 10.6. The molecule has 0 amide bonds. The molecule has 0 aliphatic rings. The molecule has 0 rings (SSSR count). The monoisotopic (exact) mass is 1280 g/mol. The van der Waals surface area contributed by atoms with Gasteiger partial charge < -0.3 is 33.8 Å². The first-order chi connectivity index (χ1) is 41.8. The van der Waals surface area contributed by atoms with Crippen LogP contribution in [0.25, 0.3) is 0 Å². The second-order valence-corrected chi connectivity index (χ2v) is 28.0. The highest BCUT2D eigenvalue weighted by atomic mass is 31.2. The highest BCUT2D eigenvalue weighted by Crippen LogP contribution is 2.45. The number of phosphoric acid groups is 2. The van der Waals surface area contributed by atoms with E-state index in [1.54, 1.807) is 0 Å². The minimum atomic E-state index is -4.96. The van der Waals surface area contributed by atoms with Gasteiger partial charge in [-0.2, -0.15) is 0 Å². The lowest BCUT2D eigenvalue weighted by molar-refractivity contribution is -0.161. The molecule has 19 heteroatoms. The molecular weight excluding hydrogens is 1150 g/mol. The van der Waals surface area contributed by atoms with Gasteiger partial charge >= 0.3 is 39.5 Å². The van der Waals surface area contributed by atoms with Crippen LogP contribution in [0.5, 0.6) is 0 Å². The Morgan fingerprint density at radius 1 is 0.379 bits per heavy atom. The summed E-state index contributed by atoms with van der Waals surface area (Å²) in [6.45, 7) is 11.6. The van der Waals surface area contributed by atoms with Crippen molar-refractivity contribution in [1.29, 1.82) is 0 Å². The van der Waals surface area contributed by atoms with Gasteiger partial charge in [0.2, 0.25) is 0 Å². The zero-order valence-corrected chi connectivity index (χ0v) is 57.7. The number of phosphoric ester groups is 2. The molecular formula is C68H128O17P2. The summed E-state index contributed by atoms with van der Waals surface area (Å²) in [4.78, 5) is 72.4. The van der Waals surface area contributed by atoms with Crippen LogP contribution in [-0.2, 0) is 65.4 Å². The fourth-order valence-electron chi connectivity index (χ4n) is 9.61. The van der Waals surface area contributed by atoms with E-state index in [9.17, 15) is 43.2 Å². The second kappa shape index (κ2) is 58.6. The van der Waals surface area contributed by atoms with Gasteiger partial charge in [-0.1, -0.05) is 259 Å². The summed E-state index contributed by atoms with van der Waals surface area (Å²) < 4.78 is 68.1. The third-order valence-corrected chi connectivity index (χ3v) is 17.3. The van der Waals surface area contributed by atoms with E-state index in [4.69, 9.17) is 37.0 Å².